The van der Waals surface area contributed by atoms with Crippen molar-refractivity contribution in [3.63, 3.8) is 0 Å². The summed E-state index contributed by atoms with van der Waals surface area (Å²) in [5.41, 5.74) is 8.41. The molecule has 0 amide bonds. The van der Waals surface area contributed by atoms with Gasteiger partial charge in [0.15, 0.2) is 0 Å². The van der Waals surface area contributed by atoms with Gasteiger partial charge in [-0.05, 0) is 71.7 Å². The quantitative estimate of drug-likeness (QED) is 0.765. The van der Waals surface area contributed by atoms with E-state index in [0.29, 0.717) is 6.04 Å². The van der Waals surface area contributed by atoms with E-state index in [-0.39, 0.29) is 6.10 Å². The fraction of sp³-hybridized carbons (Fsp3) is 0.316. The molecule has 4 rings (SSSR count). The number of thiophene rings is 1. The molecule has 2 heterocycles. The molecule has 118 valence electrons. The number of benzene rings is 1. The Morgan fingerprint density at radius 1 is 1.09 bits per heavy atom. The van der Waals surface area contributed by atoms with E-state index < -0.39 is 0 Å². The third-order valence-electron chi connectivity index (χ3n) is 4.60. The van der Waals surface area contributed by atoms with Gasteiger partial charge >= 0.3 is 0 Å². The molecule has 0 aliphatic heterocycles. The normalized spacial score (nSPS) is 21.4. The predicted molar refractivity (Wildman–Crippen MR) is 95.9 cm³/mol. The van der Waals surface area contributed by atoms with Crippen molar-refractivity contribution in [2.24, 2.45) is 5.73 Å². The van der Waals surface area contributed by atoms with Crippen LogP contribution >= 0.6 is 11.3 Å². The smallest absolute Gasteiger partial charge is 0.128 e. The van der Waals surface area contributed by atoms with E-state index >= 15 is 0 Å². The van der Waals surface area contributed by atoms with E-state index in [1.165, 1.54) is 16.5 Å². The lowest BCUT2D eigenvalue weighted by molar-refractivity contribution is 0.148. The highest BCUT2D eigenvalue weighted by Gasteiger charge is 2.21. The average Bonchev–Trinajstić information content (AvgIpc) is 3.11. The Balaban J connectivity index is 1.75. The molecule has 3 nitrogen and oxygen atoms in total. The van der Waals surface area contributed by atoms with E-state index in [1.54, 1.807) is 11.3 Å². The van der Waals surface area contributed by atoms with Gasteiger partial charge in [0, 0.05) is 29.4 Å². The van der Waals surface area contributed by atoms with Crippen LogP contribution in [0.5, 0.6) is 5.75 Å². The Labute approximate surface area is 140 Å². The number of nitrogens with two attached hydrogens (primary N) is 1. The number of aromatic nitrogens is 1. The summed E-state index contributed by atoms with van der Waals surface area (Å²) in [6.07, 6.45) is 8.21. The van der Waals surface area contributed by atoms with Gasteiger partial charge in [0.2, 0.25) is 0 Å². The number of pyridine rings is 1. The molecule has 2 aromatic heterocycles. The van der Waals surface area contributed by atoms with Gasteiger partial charge in [0.25, 0.3) is 0 Å². The first kappa shape index (κ1) is 14.7. The Hall–Kier alpha value is -1.91. The summed E-state index contributed by atoms with van der Waals surface area (Å²) in [5.74, 6) is 0.975. The Kier molecular flexibility index (Phi) is 4.02. The van der Waals surface area contributed by atoms with Crippen LogP contribution in [0.25, 0.3) is 21.9 Å². The van der Waals surface area contributed by atoms with Gasteiger partial charge < -0.3 is 10.5 Å². The first-order chi connectivity index (χ1) is 11.3. The van der Waals surface area contributed by atoms with Crippen molar-refractivity contribution in [1.82, 2.24) is 4.98 Å². The molecule has 3 aromatic rings. The van der Waals surface area contributed by atoms with Gasteiger partial charge in [-0.25, -0.2) is 0 Å². The van der Waals surface area contributed by atoms with Crippen molar-refractivity contribution in [1.29, 1.82) is 0 Å². The number of fused-ring (bicyclic) bond motifs is 1. The zero-order valence-corrected chi connectivity index (χ0v) is 13.8. The first-order valence-electron chi connectivity index (χ1n) is 8.13. The lowest BCUT2D eigenvalue weighted by atomic mass is 9.93. The van der Waals surface area contributed by atoms with E-state index in [4.69, 9.17) is 10.5 Å². The van der Waals surface area contributed by atoms with Crippen molar-refractivity contribution in [2.45, 2.75) is 37.8 Å². The second-order valence-corrected chi connectivity index (χ2v) is 6.98. The summed E-state index contributed by atoms with van der Waals surface area (Å²) in [4.78, 5) is 4.24. The summed E-state index contributed by atoms with van der Waals surface area (Å²) >= 11 is 1.71. The lowest BCUT2D eigenvalue weighted by Gasteiger charge is -2.28. The van der Waals surface area contributed by atoms with Gasteiger partial charge in [-0.1, -0.05) is 0 Å². The second kappa shape index (κ2) is 6.30. The highest BCUT2D eigenvalue weighted by molar-refractivity contribution is 7.08. The highest BCUT2D eigenvalue weighted by atomic mass is 32.1. The molecular formula is C19H20N2OS. The molecule has 1 saturated carbocycles. The minimum absolute atomic E-state index is 0.270. The molecule has 2 N–H and O–H groups in total. The first-order valence-corrected chi connectivity index (χ1v) is 9.07. The number of ether oxygens (including phenoxy) is 1. The van der Waals surface area contributed by atoms with E-state index in [2.05, 4.69) is 40.0 Å². The fourth-order valence-electron chi connectivity index (χ4n) is 3.34. The molecule has 1 aliphatic carbocycles. The third kappa shape index (κ3) is 2.96. The van der Waals surface area contributed by atoms with E-state index in [9.17, 15) is 0 Å². The SMILES string of the molecule is N[C@H]1CC[C@@H](Oc2ccc3cnccc3c2-c2ccsc2)CC1. The molecular weight excluding hydrogens is 304 g/mol. The lowest BCUT2D eigenvalue weighted by Crippen LogP contribution is -2.31. The molecule has 1 fully saturated rings. The van der Waals surface area contributed by atoms with Crippen LogP contribution in [-0.4, -0.2) is 17.1 Å². The van der Waals surface area contributed by atoms with Crippen molar-refractivity contribution in [2.75, 3.05) is 0 Å². The number of nitrogens with zero attached hydrogens (tertiary/aromatic N) is 1. The molecule has 0 saturated heterocycles. The average molecular weight is 324 g/mol. The second-order valence-electron chi connectivity index (χ2n) is 6.20. The van der Waals surface area contributed by atoms with Gasteiger partial charge in [-0.3, -0.25) is 4.98 Å². The van der Waals surface area contributed by atoms with Crippen LogP contribution < -0.4 is 10.5 Å². The molecule has 0 unspecified atom stereocenters. The van der Waals surface area contributed by atoms with Crippen LogP contribution in [0.4, 0.5) is 0 Å². The standard InChI is InChI=1S/C19H20N2OS/c20-15-2-4-16(5-3-15)22-18-6-1-13-11-21-9-7-17(13)19(18)14-8-10-23-12-14/h1,6-12,15-16H,2-5,20H2/t15-,16+. The van der Waals surface area contributed by atoms with Crippen molar-refractivity contribution < 1.29 is 4.74 Å². The number of rotatable bonds is 3. The maximum absolute atomic E-state index is 6.40. The van der Waals surface area contributed by atoms with Crippen LogP contribution in [0.3, 0.4) is 0 Å². The Morgan fingerprint density at radius 2 is 1.96 bits per heavy atom. The van der Waals surface area contributed by atoms with Crippen molar-refractivity contribution in [3.05, 3.63) is 47.4 Å². The maximum Gasteiger partial charge on any atom is 0.128 e. The molecule has 4 heteroatoms. The van der Waals surface area contributed by atoms with Crippen LogP contribution in [0.1, 0.15) is 25.7 Å². The largest absolute Gasteiger partial charge is 0.490 e. The topological polar surface area (TPSA) is 48.1 Å². The minimum Gasteiger partial charge on any atom is -0.490 e. The minimum atomic E-state index is 0.270. The molecule has 23 heavy (non-hydrogen) atoms. The van der Waals surface area contributed by atoms with Gasteiger partial charge in [0.05, 0.1) is 6.10 Å². The van der Waals surface area contributed by atoms with Gasteiger partial charge in [0.1, 0.15) is 5.75 Å². The number of hydrogen-bond donors (Lipinski definition) is 1. The summed E-state index contributed by atoms with van der Waals surface area (Å²) in [5, 5.41) is 6.63. The third-order valence-corrected chi connectivity index (χ3v) is 5.29. The van der Waals surface area contributed by atoms with E-state index in [1.807, 2.05) is 12.4 Å². The zero-order chi connectivity index (χ0) is 15.6. The monoisotopic (exact) mass is 324 g/mol. The molecule has 0 atom stereocenters. The highest BCUT2D eigenvalue weighted by Crippen LogP contribution is 2.39. The Morgan fingerprint density at radius 3 is 2.74 bits per heavy atom. The van der Waals surface area contributed by atoms with E-state index in [0.717, 1.165) is 36.8 Å². The summed E-state index contributed by atoms with van der Waals surface area (Å²) in [6, 6.07) is 8.76. The molecule has 0 bridgehead atoms. The number of hydrogen-bond acceptors (Lipinski definition) is 4. The van der Waals surface area contributed by atoms with Crippen LogP contribution in [0, 0.1) is 0 Å². The molecule has 1 aliphatic rings. The maximum atomic E-state index is 6.40. The predicted octanol–water partition coefficient (Wildman–Crippen LogP) is 4.61. The molecule has 1 aromatic carbocycles. The summed E-state index contributed by atoms with van der Waals surface area (Å²) in [6.45, 7) is 0. The summed E-state index contributed by atoms with van der Waals surface area (Å²) < 4.78 is 6.40. The Bertz CT molecular complexity index is 792. The van der Waals surface area contributed by atoms with Crippen molar-refractivity contribution >= 4 is 22.1 Å². The van der Waals surface area contributed by atoms with Gasteiger partial charge in [-0.2, -0.15) is 11.3 Å². The summed E-state index contributed by atoms with van der Waals surface area (Å²) in [7, 11) is 0. The van der Waals surface area contributed by atoms with Crippen LogP contribution in [0.15, 0.2) is 47.4 Å². The molecule has 0 spiro atoms. The molecule has 0 radical (unpaired) electrons. The van der Waals surface area contributed by atoms with Crippen LogP contribution in [0.2, 0.25) is 0 Å². The van der Waals surface area contributed by atoms with Crippen molar-refractivity contribution in [3.8, 4) is 16.9 Å². The fourth-order valence-corrected chi connectivity index (χ4v) is 3.98. The van der Waals surface area contributed by atoms with Gasteiger partial charge in [-0.15, -0.1) is 0 Å². The van der Waals surface area contributed by atoms with Crippen LogP contribution in [-0.2, 0) is 0 Å². The zero-order valence-electron chi connectivity index (χ0n) is 12.9.